The molecule has 3 rings (SSSR count). The molecular formula is C22H30N4O3. The van der Waals surface area contributed by atoms with Crippen LogP contribution in [-0.4, -0.2) is 33.7 Å². The Kier molecular flexibility index (Phi) is 6.67. The lowest BCUT2D eigenvalue weighted by Gasteiger charge is -2.36. The van der Waals surface area contributed by atoms with Crippen molar-refractivity contribution in [3.8, 4) is 0 Å². The Bertz CT molecular complexity index is 945. The first kappa shape index (κ1) is 21.0. The van der Waals surface area contributed by atoms with Crippen molar-refractivity contribution in [3.05, 3.63) is 40.3 Å². The molecule has 2 aromatic rings. The Hall–Kier alpha value is -2.70. The van der Waals surface area contributed by atoms with E-state index in [1.54, 1.807) is 24.3 Å². The summed E-state index contributed by atoms with van der Waals surface area (Å²) < 4.78 is 1.30. The number of hydrogen-bond donors (Lipinski definition) is 2. The van der Waals surface area contributed by atoms with Crippen LogP contribution < -0.4 is 16.2 Å². The maximum absolute atomic E-state index is 13.3. The molecular weight excluding hydrogens is 368 g/mol. The van der Waals surface area contributed by atoms with Crippen molar-refractivity contribution in [2.45, 2.75) is 70.9 Å². The molecule has 7 nitrogen and oxygen atoms in total. The van der Waals surface area contributed by atoms with E-state index in [9.17, 15) is 14.4 Å². The summed E-state index contributed by atoms with van der Waals surface area (Å²) >= 11 is 0. The molecule has 156 valence electrons. The fourth-order valence-corrected chi connectivity index (χ4v) is 4.01. The molecule has 0 unspecified atom stereocenters. The van der Waals surface area contributed by atoms with Crippen LogP contribution in [0.4, 0.5) is 0 Å². The van der Waals surface area contributed by atoms with E-state index in [2.05, 4.69) is 22.7 Å². The van der Waals surface area contributed by atoms with Crippen molar-refractivity contribution in [1.29, 1.82) is 0 Å². The van der Waals surface area contributed by atoms with Gasteiger partial charge in [-0.25, -0.2) is 4.68 Å². The van der Waals surface area contributed by atoms with Crippen LogP contribution in [0.15, 0.2) is 29.1 Å². The Morgan fingerprint density at radius 2 is 1.79 bits per heavy atom. The first-order chi connectivity index (χ1) is 14.0. The highest BCUT2D eigenvalue weighted by Gasteiger charge is 2.41. The predicted molar refractivity (Wildman–Crippen MR) is 113 cm³/mol. The van der Waals surface area contributed by atoms with Gasteiger partial charge in [0.25, 0.3) is 11.5 Å². The second-order valence-corrected chi connectivity index (χ2v) is 7.72. The average molecular weight is 399 g/mol. The van der Waals surface area contributed by atoms with Crippen LogP contribution in [0.3, 0.4) is 0 Å². The second-order valence-electron chi connectivity index (χ2n) is 7.72. The van der Waals surface area contributed by atoms with Gasteiger partial charge in [-0.2, -0.15) is 5.10 Å². The smallest absolute Gasteiger partial charge is 0.274 e. The van der Waals surface area contributed by atoms with Crippen LogP contribution >= 0.6 is 0 Å². The normalized spacial score (nSPS) is 15.8. The van der Waals surface area contributed by atoms with Crippen molar-refractivity contribution in [2.24, 2.45) is 0 Å². The zero-order chi connectivity index (χ0) is 20.9. The Morgan fingerprint density at radius 3 is 2.45 bits per heavy atom. The van der Waals surface area contributed by atoms with E-state index in [1.165, 1.54) is 4.68 Å². The van der Waals surface area contributed by atoms with Gasteiger partial charge in [0.2, 0.25) is 5.91 Å². The van der Waals surface area contributed by atoms with Crippen molar-refractivity contribution in [3.63, 3.8) is 0 Å². The lowest BCUT2D eigenvalue weighted by molar-refractivity contribution is -0.128. The summed E-state index contributed by atoms with van der Waals surface area (Å²) in [6, 6.07) is 6.99. The molecule has 7 heteroatoms. The highest BCUT2D eigenvalue weighted by Crippen LogP contribution is 2.29. The van der Waals surface area contributed by atoms with E-state index < -0.39 is 11.4 Å². The van der Waals surface area contributed by atoms with Gasteiger partial charge in [0.1, 0.15) is 5.54 Å². The fourth-order valence-electron chi connectivity index (χ4n) is 4.01. The molecule has 1 saturated carbocycles. The van der Waals surface area contributed by atoms with Crippen LogP contribution in [0.2, 0.25) is 0 Å². The van der Waals surface area contributed by atoms with Gasteiger partial charge in [-0.1, -0.05) is 50.8 Å². The zero-order valence-electron chi connectivity index (χ0n) is 17.3. The largest absolute Gasteiger partial charge is 0.354 e. The van der Waals surface area contributed by atoms with Crippen LogP contribution in [-0.2, 0) is 11.3 Å². The molecule has 1 fully saturated rings. The van der Waals surface area contributed by atoms with E-state index >= 15 is 0 Å². The van der Waals surface area contributed by atoms with Crippen LogP contribution in [0.5, 0.6) is 0 Å². The molecule has 1 aliphatic carbocycles. The van der Waals surface area contributed by atoms with E-state index in [-0.39, 0.29) is 17.2 Å². The number of fused-ring (bicyclic) bond motifs is 1. The lowest BCUT2D eigenvalue weighted by Crippen LogP contribution is -2.60. The monoisotopic (exact) mass is 398 g/mol. The molecule has 0 atom stereocenters. The minimum Gasteiger partial charge on any atom is -0.354 e. The third-order valence-electron chi connectivity index (χ3n) is 5.69. The van der Waals surface area contributed by atoms with Gasteiger partial charge in [0, 0.05) is 18.5 Å². The molecule has 0 saturated heterocycles. The van der Waals surface area contributed by atoms with Gasteiger partial charge < -0.3 is 10.6 Å². The van der Waals surface area contributed by atoms with Gasteiger partial charge in [-0.05, 0) is 32.3 Å². The van der Waals surface area contributed by atoms with Crippen LogP contribution in [0.25, 0.3) is 10.8 Å². The summed E-state index contributed by atoms with van der Waals surface area (Å²) in [5.41, 5.74) is -0.948. The number of aromatic nitrogens is 2. The fraction of sp³-hybridized carbons (Fsp3) is 0.545. The number of rotatable bonds is 7. The minimum absolute atomic E-state index is 0.118. The number of carbonyl (C=O) groups is 2. The summed E-state index contributed by atoms with van der Waals surface area (Å²) in [5, 5.41) is 11.3. The number of aryl methyl sites for hydroxylation is 1. The summed E-state index contributed by atoms with van der Waals surface area (Å²) in [7, 11) is 0. The van der Waals surface area contributed by atoms with Gasteiger partial charge in [0.15, 0.2) is 5.69 Å². The van der Waals surface area contributed by atoms with Gasteiger partial charge in [0.05, 0.1) is 5.39 Å². The Labute approximate surface area is 170 Å². The van der Waals surface area contributed by atoms with E-state index in [0.717, 1.165) is 32.1 Å². The highest BCUT2D eigenvalue weighted by atomic mass is 16.2. The number of carbonyl (C=O) groups excluding carboxylic acids is 2. The maximum Gasteiger partial charge on any atom is 0.274 e. The van der Waals surface area contributed by atoms with Gasteiger partial charge in [-0.3, -0.25) is 14.4 Å². The molecule has 0 spiro atoms. The molecule has 1 aromatic heterocycles. The summed E-state index contributed by atoms with van der Waals surface area (Å²) in [5.74, 6) is -0.525. The second kappa shape index (κ2) is 9.20. The molecule has 1 aliphatic rings. The number of unbranched alkanes of at least 4 members (excludes halogenated alkanes) is 1. The Balaban J connectivity index is 1.95. The maximum atomic E-state index is 13.3. The molecule has 0 aliphatic heterocycles. The molecule has 0 radical (unpaired) electrons. The molecule has 2 N–H and O–H groups in total. The van der Waals surface area contributed by atoms with E-state index in [1.807, 2.05) is 6.92 Å². The third-order valence-corrected chi connectivity index (χ3v) is 5.69. The zero-order valence-corrected chi connectivity index (χ0v) is 17.3. The first-order valence-corrected chi connectivity index (χ1v) is 10.6. The standard InChI is InChI=1S/C22H30N4O3/c1-3-5-15-23-21(29)22(13-9-6-10-14-22)24-19(27)18-16-11-7-8-12-17(16)20(28)26(4-2)25-18/h7-8,11-12H,3-6,9-10,13-15H2,1-2H3,(H,23,29)(H,24,27). The quantitative estimate of drug-likeness (QED) is 0.702. The minimum atomic E-state index is -0.918. The van der Waals surface area contributed by atoms with Crippen molar-refractivity contribution >= 4 is 22.6 Å². The van der Waals surface area contributed by atoms with Crippen LogP contribution in [0, 0.1) is 0 Å². The summed E-state index contributed by atoms with van der Waals surface area (Å²) in [6.45, 7) is 4.86. The molecule has 0 bridgehead atoms. The summed E-state index contributed by atoms with van der Waals surface area (Å²) in [4.78, 5) is 38.8. The lowest BCUT2D eigenvalue weighted by atomic mass is 9.80. The third kappa shape index (κ3) is 4.33. The average Bonchev–Trinajstić information content (AvgIpc) is 2.75. The van der Waals surface area contributed by atoms with Gasteiger partial charge >= 0.3 is 0 Å². The molecule has 1 aromatic carbocycles. The topological polar surface area (TPSA) is 93.1 Å². The van der Waals surface area contributed by atoms with Gasteiger partial charge in [-0.15, -0.1) is 0 Å². The number of benzene rings is 1. The SMILES string of the molecule is CCCCNC(=O)C1(NC(=O)c2nn(CC)c(=O)c3ccccc23)CCCCC1. The van der Waals surface area contributed by atoms with Crippen molar-refractivity contribution in [2.75, 3.05) is 6.54 Å². The first-order valence-electron chi connectivity index (χ1n) is 10.6. The number of nitrogens with zero attached hydrogens (tertiary/aromatic N) is 2. The summed E-state index contributed by atoms with van der Waals surface area (Å²) in [6.07, 6.45) is 5.97. The predicted octanol–water partition coefficient (Wildman–Crippen LogP) is 2.77. The Morgan fingerprint density at radius 1 is 1.10 bits per heavy atom. The van der Waals surface area contributed by atoms with Crippen molar-refractivity contribution < 1.29 is 9.59 Å². The van der Waals surface area contributed by atoms with Crippen molar-refractivity contribution in [1.82, 2.24) is 20.4 Å². The molecule has 1 heterocycles. The van der Waals surface area contributed by atoms with E-state index in [4.69, 9.17) is 0 Å². The highest BCUT2D eigenvalue weighted by molar-refractivity contribution is 6.06. The number of hydrogen-bond acceptors (Lipinski definition) is 4. The van der Waals surface area contributed by atoms with E-state index in [0.29, 0.717) is 36.7 Å². The number of nitrogens with one attached hydrogen (secondary N) is 2. The van der Waals surface area contributed by atoms with Crippen LogP contribution in [0.1, 0.15) is 69.3 Å². The molecule has 29 heavy (non-hydrogen) atoms. The number of amides is 2. The molecule has 2 amide bonds.